The summed E-state index contributed by atoms with van der Waals surface area (Å²) >= 11 is 0. The summed E-state index contributed by atoms with van der Waals surface area (Å²) in [5, 5.41) is 4.63. The van der Waals surface area contributed by atoms with Gasteiger partial charge in [-0.3, -0.25) is 4.68 Å². The van der Waals surface area contributed by atoms with Crippen LogP contribution in [-0.2, 0) is 0 Å². The number of anilines is 1. The van der Waals surface area contributed by atoms with Gasteiger partial charge in [-0.15, -0.1) is 0 Å². The minimum atomic E-state index is 0.411. The summed E-state index contributed by atoms with van der Waals surface area (Å²) in [6, 6.07) is 8.22. The lowest BCUT2D eigenvalue weighted by molar-refractivity contribution is 0.415. The number of rotatable bonds is 5. The predicted molar refractivity (Wildman–Crippen MR) is 78.2 cm³/mol. The molecule has 1 heterocycles. The standard InChI is InChI=1S/C15H21N3O/c1-4-12(5-2)18-10-14(16)15(17-18)11-6-8-13(19-3)9-7-11/h6-10,12H,4-5,16H2,1-3H3. The number of nitrogens with zero attached hydrogens (tertiary/aromatic N) is 2. The Bertz CT molecular complexity index is 527. The molecule has 0 aliphatic rings. The maximum Gasteiger partial charge on any atom is 0.118 e. The number of nitrogen functional groups attached to an aromatic ring is 1. The SMILES string of the molecule is CCC(CC)n1cc(N)c(-c2ccc(OC)cc2)n1. The highest BCUT2D eigenvalue weighted by Gasteiger charge is 2.13. The molecule has 4 nitrogen and oxygen atoms in total. The topological polar surface area (TPSA) is 53.1 Å². The molecule has 2 N–H and O–H groups in total. The van der Waals surface area contributed by atoms with Gasteiger partial charge in [0.1, 0.15) is 11.4 Å². The Balaban J connectivity index is 2.33. The quantitative estimate of drug-likeness (QED) is 0.894. The van der Waals surface area contributed by atoms with Crippen LogP contribution in [0, 0.1) is 0 Å². The van der Waals surface area contributed by atoms with Crippen LogP contribution in [0.15, 0.2) is 30.5 Å². The molecule has 0 fully saturated rings. The second-order valence-electron chi connectivity index (χ2n) is 4.61. The second-order valence-corrected chi connectivity index (χ2v) is 4.61. The Hall–Kier alpha value is -1.97. The summed E-state index contributed by atoms with van der Waals surface area (Å²) < 4.78 is 7.14. The van der Waals surface area contributed by atoms with Crippen LogP contribution in [0.3, 0.4) is 0 Å². The molecule has 0 spiro atoms. The highest BCUT2D eigenvalue weighted by molar-refractivity contribution is 5.72. The van der Waals surface area contributed by atoms with Crippen molar-refractivity contribution < 1.29 is 4.74 Å². The van der Waals surface area contributed by atoms with Gasteiger partial charge in [0.15, 0.2) is 0 Å². The van der Waals surface area contributed by atoms with Crippen molar-refractivity contribution in [3.05, 3.63) is 30.5 Å². The first kappa shape index (κ1) is 13.5. The summed E-state index contributed by atoms with van der Waals surface area (Å²) in [5.41, 5.74) is 8.65. The minimum absolute atomic E-state index is 0.411. The van der Waals surface area contributed by atoms with Crippen molar-refractivity contribution in [2.75, 3.05) is 12.8 Å². The van der Waals surface area contributed by atoms with E-state index in [1.165, 1.54) is 0 Å². The Kier molecular flexibility index (Phi) is 4.10. The van der Waals surface area contributed by atoms with Crippen molar-refractivity contribution >= 4 is 5.69 Å². The van der Waals surface area contributed by atoms with E-state index in [1.807, 2.05) is 35.1 Å². The van der Waals surface area contributed by atoms with E-state index in [-0.39, 0.29) is 0 Å². The van der Waals surface area contributed by atoms with Gasteiger partial charge < -0.3 is 10.5 Å². The summed E-state index contributed by atoms with van der Waals surface area (Å²) in [6.45, 7) is 4.33. The Morgan fingerprint density at radius 2 is 1.84 bits per heavy atom. The molecule has 1 aromatic carbocycles. The molecule has 0 radical (unpaired) electrons. The maximum atomic E-state index is 6.08. The lowest BCUT2D eigenvalue weighted by Gasteiger charge is -2.12. The van der Waals surface area contributed by atoms with Gasteiger partial charge in [0.25, 0.3) is 0 Å². The number of hydrogen-bond acceptors (Lipinski definition) is 3. The molecule has 19 heavy (non-hydrogen) atoms. The van der Waals surface area contributed by atoms with Crippen molar-refractivity contribution in [1.82, 2.24) is 9.78 Å². The molecule has 0 saturated heterocycles. The molecule has 2 rings (SSSR count). The number of hydrogen-bond donors (Lipinski definition) is 1. The molecule has 1 aromatic heterocycles. The number of ether oxygens (including phenoxy) is 1. The highest BCUT2D eigenvalue weighted by atomic mass is 16.5. The normalized spacial score (nSPS) is 10.9. The fourth-order valence-corrected chi connectivity index (χ4v) is 2.23. The lowest BCUT2D eigenvalue weighted by atomic mass is 10.1. The van der Waals surface area contributed by atoms with Gasteiger partial charge in [-0.1, -0.05) is 13.8 Å². The molecule has 0 aliphatic carbocycles. The molecule has 0 aliphatic heterocycles. The fourth-order valence-electron chi connectivity index (χ4n) is 2.23. The largest absolute Gasteiger partial charge is 0.497 e. The van der Waals surface area contributed by atoms with E-state index >= 15 is 0 Å². The molecule has 2 aromatic rings. The van der Waals surface area contributed by atoms with E-state index < -0.39 is 0 Å². The van der Waals surface area contributed by atoms with Gasteiger partial charge in [-0.2, -0.15) is 5.10 Å². The first-order valence-electron chi connectivity index (χ1n) is 6.68. The maximum absolute atomic E-state index is 6.08. The van der Waals surface area contributed by atoms with E-state index in [0.717, 1.165) is 35.5 Å². The van der Waals surface area contributed by atoms with Gasteiger partial charge in [0.2, 0.25) is 0 Å². The highest BCUT2D eigenvalue weighted by Crippen LogP contribution is 2.28. The van der Waals surface area contributed by atoms with Crippen LogP contribution >= 0.6 is 0 Å². The van der Waals surface area contributed by atoms with Crippen LogP contribution in [0.1, 0.15) is 32.7 Å². The van der Waals surface area contributed by atoms with E-state index in [9.17, 15) is 0 Å². The van der Waals surface area contributed by atoms with Crippen LogP contribution in [-0.4, -0.2) is 16.9 Å². The molecular formula is C15H21N3O. The van der Waals surface area contributed by atoms with Gasteiger partial charge in [0, 0.05) is 11.8 Å². The van der Waals surface area contributed by atoms with E-state index in [2.05, 4.69) is 18.9 Å². The average molecular weight is 259 g/mol. The zero-order valence-electron chi connectivity index (χ0n) is 11.8. The van der Waals surface area contributed by atoms with Gasteiger partial charge >= 0.3 is 0 Å². The number of benzene rings is 1. The Labute approximate surface area is 114 Å². The molecule has 0 unspecified atom stereocenters. The first-order valence-corrected chi connectivity index (χ1v) is 6.68. The van der Waals surface area contributed by atoms with Crippen LogP contribution in [0.5, 0.6) is 5.75 Å². The van der Waals surface area contributed by atoms with Crippen LogP contribution < -0.4 is 10.5 Å². The van der Waals surface area contributed by atoms with Crippen molar-refractivity contribution in [3.63, 3.8) is 0 Å². The number of methoxy groups -OCH3 is 1. The van der Waals surface area contributed by atoms with Crippen molar-refractivity contribution in [2.45, 2.75) is 32.7 Å². The summed E-state index contributed by atoms with van der Waals surface area (Å²) in [5.74, 6) is 0.835. The summed E-state index contributed by atoms with van der Waals surface area (Å²) in [7, 11) is 1.66. The van der Waals surface area contributed by atoms with Crippen molar-refractivity contribution in [3.8, 4) is 17.0 Å². The molecule has 4 heteroatoms. The summed E-state index contributed by atoms with van der Waals surface area (Å²) in [6.07, 6.45) is 4.04. The van der Waals surface area contributed by atoms with Gasteiger partial charge in [0.05, 0.1) is 18.8 Å². The fraction of sp³-hybridized carbons (Fsp3) is 0.400. The molecule has 0 amide bonds. The Morgan fingerprint density at radius 1 is 1.21 bits per heavy atom. The first-order chi connectivity index (χ1) is 9.19. The van der Waals surface area contributed by atoms with Crippen LogP contribution in [0.2, 0.25) is 0 Å². The molecule has 0 saturated carbocycles. The second kappa shape index (κ2) is 5.78. The zero-order valence-corrected chi connectivity index (χ0v) is 11.8. The predicted octanol–water partition coefficient (Wildman–Crippen LogP) is 3.50. The third-order valence-electron chi connectivity index (χ3n) is 3.44. The van der Waals surface area contributed by atoms with E-state index in [1.54, 1.807) is 7.11 Å². The monoisotopic (exact) mass is 259 g/mol. The molecule has 0 bridgehead atoms. The van der Waals surface area contributed by atoms with E-state index in [0.29, 0.717) is 6.04 Å². The van der Waals surface area contributed by atoms with Crippen LogP contribution in [0.25, 0.3) is 11.3 Å². The minimum Gasteiger partial charge on any atom is -0.497 e. The van der Waals surface area contributed by atoms with Crippen molar-refractivity contribution in [2.24, 2.45) is 0 Å². The third-order valence-corrected chi connectivity index (χ3v) is 3.44. The van der Waals surface area contributed by atoms with Crippen molar-refractivity contribution in [1.29, 1.82) is 0 Å². The third kappa shape index (κ3) is 2.72. The summed E-state index contributed by atoms with van der Waals surface area (Å²) in [4.78, 5) is 0. The lowest BCUT2D eigenvalue weighted by Crippen LogP contribution is -2.07. The Morgan fingerprint density at radius 3 is 2.37 bits per heavy atom. The average Bonchev–Trinajstić information content (AvgIpc) is 2.82. The number of nitrogens with two attached hydrogens (primary N) is 1. The zero-order chi connectivity index (χ0) is 13.8. The van der Waals surface area contributed by atoms with Gasteiger partial charge in [-0.05, 0) is 37.1 Å². The molecular weight excluding hydrogens is 238 g/mol. The van der Waals surface area contributed by atoms with Gasteiger partial charge in [-0.25, -0.2) is 0 Å². The molecule has 102 valence electrons. The van der Waals surface area contributed by atoms with Crippen LogP contribution in [0.4, 0.5) is 5.69 Å². The van der Waals surface area contributed by atoms with E-state index in [4.69, 9.17) is 10.5 Å². The smallest absolute Gasteiger partial charge is 0.118 e. The number of aromatic nitrogens is 2. The molecule has 0 atom stereocenters.